The summed E-state index contributed by atoms with van der Waals surface area (Å²) in [6.07, 6.45) is 0. The number of carbonyl (C=O) groups excluding carboxylic acids is 1. The predicted molar refractivity (Wildman–Crippen MR) is 132 cm³/mol. The first-order valence-electron chi connectivity index (χ1n) is 9.92. The van der Waals surface area contributed by atoms with Crippen LogP contribution in [0.2, 0.25) is 0 Å². The van der Waals surface area contributed by atoms with E-state index in [1.54, 1.807) is 35.2 Å². The molecule has 1 aliphatic heterocycles. The molecular formula is C23H21BrN2O4S2. The third-order valence-corrected chi connectivity index (χ3v) is 7.98. The molecule has 1 saturated heterocycles. The van der Waals surface area contributed by atoms with Gasteiger partial charge in [-0.05, 0) is 73.2 Å². The fourth-order valence-electron chi connectivity index (χ4n) is 3.40. The fraction of sp³-hybridized carbons (Fsp3) is 0.174. The van der Waals surface area contributed by atoms with Crippen molar-refractivity contribution in [1.29, 1.82) is 0 Å². The molecule has 6 nitrogen and oxygen atoms in total. The molecule has 1 heterocycles. The summed E-state index contributed by atoms with van der Waals surface area (Å²) >= 11 is 4.82. The molecule has 166 valence electrons. The Bertz CT molecular complexity index is 1220. The smallest absolute Gasteiger partial charge is 0.261 e. The number of anilines is 2. The number of ether oxygens (including phenoxy) is 1. The quantitative estimate of drug-likeness (QED) is 0.439. The normalized spacial score (nSPS) is 16.2. The molecule has 0 radical (unpaired) electrons. The third-order valence-electron chi connectivity index (χ3n) is 4.84. The van der Waals surface area contributed by atoms with Crippen LogP contribution in [0.4, 0.5) is 11.4 Å². The average molecular weight is 533 g/mol. The van der Waals surface area contributed by atoms with Crippen molar-refractivity contribution < 1.29 is 17.9 Å². The van der Waals surface area contributed by atoms with Crippen LogP contribution in [0.3, 0.4) is 0 Å². The third kappa shape index (κ3) is 4.95. The monoisotopic (exact) mass is 532 g/mol. The molecule has 1 amide bonds. The van der Waals surface area contributed by atoms with Gasteiger partial charge in [0, 0.05) is 15.8 Å². The topological polar surface area (TPSA) is 75.7 Å². The molecule has 1 atom stereocenters. The van der Waals surface area contributed by atoms with Crippen LogP contribution in [-0.2, 0) is 14.8 Å². The maximum absolute atomic E-state index is 12.8. The highest BCUT2D eigenvalue weighted by atomic mass is 79.9. The van der Waals surface area contributed by atoms with E-state index in [-0.39, 0.29) is 16.2 Å². The number of hydrogen-bond donors (Lipinski definition) is 1. The van der Waals surface area contributed by atoms with E-state index in [1.807, 2.05) is 37.3 Å². The SMILES string of the molecule is CCOc1ccc(N2C(=O)CSC2c2cccc(NS(=O)(=O)c3ccc(Br)cc3)c2)cc1. The molecule has 3 aromatic carbocycles. The summed E-state index contributed by atoms with van der Waals surface area (Å²) in [6.45, 7) is 2.49. The molecule has 1 unspecified atom stereocenters. The van der Waals surface area contributed by atoms with Gasteiger partial charge in [-0.15, -0.1) is 11.8 Å². The number of amides is 1. The van der Waals surface area contributed by atoms with Gasteiger partial charge in [0.25, 0.3) is 10.0 Å². The van der Waals surface area contributed by atoms with Crippen molar-refractivity contribution in [1.82, 2.24) is 0 Å². The summed E-state index contributed by atoms with van der Waals surface area (Å²) in [5.74, 6) is 1.11. The zero-order valence-corrected chi connectivity index (χ0v) is 20.4. The average Bonchev–Trinajstić information content (AvgIpc) is 3.16. The van der Waals surface area contributed by atoms with E-state index in [1.165, 1.54) is 23.9 Å². The number of rotatable bonds is 7. The first-order chi connectivity index (χ1) is 15.4. The molecule has 4 rings (SSSR count). The predicted octanol–water partition coefficient (Wildman–Crippen LogP) is 5.43. The van der Waals surface area contributed by atoms with Crippen molar-refractivity contribution in [3.05, 3.63) is 82.8 Å². The molecule has 1 aliphatic rings. The highest BCUT2D eigenvalue weighted by molar-refractivity contribution is 9.10. The van der Waals surface area contributed by atoms with E-state index < -0.39 is 10.0 Å². The summed E-state index contributed by atoms with van der Waals surface area (Å²) in [6, 6.07) is 21.0. The summed E-state index contributed by atoms with van der Waals surface area (Å²) in [5, 5.41) is -0.252. The molecular weight excluding hydrogens is 512 g/mol. The van der Waals surface area contributed by atoms with E-state index >= 15 is 0 Å². The second-order valence-electron chi connectivity index (χ2n) is 7.04. The van der Waals surface area contributed by atoms with Gasteiger partial charge >= 0.3 is 0 Å². The maximum atomic E-state index is 12.8. The van der Waals surface area contributed by atoms with Crippen LogP contribution in [0.5, 0.6) is 5.75 Å². The second kappa shape index (κ2) is 9.56. The van der Waals surface area contributed by atoms with Gasteiger partial charge in [0.2, 0.25) is 5.91 Å². The van der Waals surface area contributed by atoms with Crippen molar-refractivity contribution >= 4 is 55.0 Å². The summed E-state index contributed by atoms with van der Waals surface area (Å²) in [4.78, 5) is 14.6. The van der Waals surface area contributed by atoms with Crippen LogP contribution < -0.4 is 14.4 Å². The number of benzene rings is 3. The minimum atomic E-state index is -3.73. The van der Waals surface area contributed by atoms with Crippen LogP contribution >= 0.6 is 27.7 Å². The molecule has 0 bridgehead atoms. The van der Waals surface area contributed by atoms with Crippen molar-refractivity contribution in [3.8, 4) is 5.75 Å². The Morgan fingerprint density at radius 1 is 1.09 bits per heavy atom. The lowest BCUT2D eigenvalue weighted by molar-refractivity contribution is -0.115. The van der Waals surface area contributed by atoms with Gasteiger partial charge in [0.15, 0.2) is 0 Å². The van der Waals surface area contributed by atoms with Gasteiger partial charge in [-0.2, -0.15) is 0 Å². The lowest BCUT2D eigenvalue weighted by Crippen LogP contribution is -2.27. The van der Waals surface area contributed by atoms with Crippen LogP contribution in [0, 0.1) is 0 Å². The first-order valence-corrected chi connectivity index (χ1v) is 13.2. The maximum Gasteiger partial charge on any atom is 0.261 e. The number of hydrogen-bond acceptors (Lipinski definition) is 5. The molecule has 1 fully saturated rings. The molecule has 0 spiro atoms. The zero-order chi connectivity index (χ0) is 22.7. The van der Waals surface area contributed by atoms with Crippen LogP contribution in [0.15, 0.2) is 82.2 Å². The molecule has 3 aromatic rings. The largest absolute Gasteiger partial charge is 0.494 e. The summed E-state index contributed by atoms with van der Waals surface area (Å²) in [5.41, 5.74) is 2.05. The van der Waals surface area contributed by atoms with Crippen molar-refractivity contribution in [2.45, 2.75) is 17.2 Å². The summed E-state index contributed by atoms with van der Waals surface area (Å²) < 4.78 is 34.4. The Labute approximate surface area is 200 Å². The molecule has 9 heteroatoms. The van der Waals surface area contributed by atoms with E-state index in [0.29, 0.717) is 18.0 Å². The van der Waals surface area contributed by atoms with Crippen LogP contribution in [-0.4, -0.2) is 26.7 Å². The van der Waals surface area contributed by atoms with Crippen molar-refractivity contribution in [2.75, 3.05) is 22.0 Å². The van der Waals surface area contributed by atoms with Crippen LogP contribution in [0.1, 0.15) is 17.9 Å². The van der Waals surface area contributed by atoms with Crippen molar-refractivity contribution in [2.24, 2.45) is 0 Å². The molecule has 0 aliphatic carbocycles. The molecule has 32 heavy (non-hydrogen) atoms. The van der Waals surface area contributed by atoms with Crippen molar-refractivity contribution in [3.63, 3.8) is 0 Å². The number of nitrogens with zero attached hydrogens (tertiary/aromatic N) is 1. The standard InChI is InChI=1S/C23H21BrN2O4S2/c1-2-30-20-10-8-19(9-11-20)26-22(27)15-31-23(26)16-4-3-5-18(14-16)25-32(28,29)21-12-6-17(24)7-13-21/h3-14,23,25H,2,15H2,1H3. The zero-order valence-electron chi connectivity index (χ0n) is 17.2. The Kier molecular flexibility index (Phi) is 6.78. The number of thioether (sulfide) groups is 1. The van der Waals surface area contributed by atoms with E-state index in [9.17, 15) is 13.2 Å². The number of sulfonamides is 1. The van der Waals surface area contributed by atoms with Crippen LogP contribution in [0.25, 0.3) is 0 Å². The van der Waals surface area contributed by atoms with Gasteiger partial charge in [-0.3, -0.25) is 14.4 Å². The Balaban J connectivity index is 1.59. The van der Waals surface area contributed by atoms with Gasteiger partial charge < -0.3 is 4.74 Å². The highest BCUT2D eigenvalue weighted by Gasteiger charge is 2.34. The van der Waals surface area contributed by atoms with Gasteiger partial charge in [0.05, 0.1) is 17.3 Å². The Morgan fingerprint density at radius 2 is 1.81 bits per heavy atom. The first kappa shape index (κ1) is 22.7. The summed E-state index contributed by atoms with van der Waals surface area (Å²) in [7, 11) is -3.73. The Hall–Kier alpha value is -2.49. The van der Waals surface area contributed by atoms with E-state index in [0.717, 1.165) is 21.5 Å². The number of halogens is 1. The van der Waals surface area contributed by atoms with Gasteiger partial charge in [0.1, 0.15) is 11.1 Å². The molecule has 0 saturated carbocycles. The highest BCUT2D eigenvalue weighted by Crippen LogP contribution is 2.42. The second-order valence-corrected chi connectivity index (χ2v) is 10.7. The Morgan fingerprint density at radius 3 is 2.50 bits per heavy atom. The van der Waals surface area contributed by atoms with Gasteiger partial charge in [-0.1, -0.05) is 28.1 Å². The molecule has 0 aromatic heterocycles. The van der Waals surface area contributed by atoms with Gasteiger partial charge in [-0.25, -0.2) is 8.42 Å². The molecule has 1 N–H and O–H groups in total. The lowest BCUT2D eigenvalue weighted by Gasteiger charge is -2.25. The lowest BCUT2D eigenvalue weighted by atomic mass is 10.1. The number of nitrogens with one attached hydrogen (secondary N) is 1. The minimum absolute atomic E-state index is 0.00464. The van der Waals surface area contributed by atoms with E-state index in [4.69, 9.17) is 4.74 Å². The number of carbonyl (C=O) groups is 1. The fourth-order valence-corrected chi connectivity index (χ4v) is 5.88. The van der Waals surface area contributed by atoms with E-state index in [2.05, 4.69) is 20.7 Å². The minimum Gasteiger partial charge on any atom is -0.494 e.